The SMILES string of the molecule is COc1cc2c(cc1OC)C1CCCCC1OC2c1ccc2oc3ccccc3c2c1. The molecule has 4 nitrogen and oxygen atoms in total. The minimum Gasteiger partial charge on any atom is -0.493 e. The van der Waals surface area contributed by atoms with Crippen LogP contribution in [0.25, 0.3) is 21.9 Å². The van der Waals surface area contributed by atoms with Crippen LogP contribution in [-0.2, 0) is 4.74 Å². The number of furan rings is 1. The molecule has 0 radical (unpaired) electrons. The molecule has 3 unspecified atom stereocenters. The zero-order valence-corrected chi connectivity index (χ0v) is 17.9. The van der Waals surface area contributed by atoms with Crippen LogP contribution in [0.1, 0.15) is 54.4 Å². The predicted molar refractivity (Wildman–Crippen MR) is 121 cm³/mol. The standard InChI is InChI=1S/C27H26O4/c1-28-25-14-19-17-7-3-6-10-23(17)31-27(21(19)15-26(25)29-2)16-11-12-24-20(13-16)18-8-4-5-9-22(18)30-24/h4-5,8-9,11-15,17,23,27H,3,6-7,10H2,1-2H3. The highest BCUT2D eigenvalue weighted by Gasteiger charge is 2.39. The summed E-state index contributed by atoms with van der Waals surface area (Å²) >= 11 is 0. The molecule has 0 amide bonds. The zero-order valence-electron chi connectivity index (χ0n) is 17.9. The molecule has 6 rings (SSSR count). The van der Waals surface area contributed by atoms with Crippen molar-refractivity contribution < 1.29 is 18.6 Å². The van der Waals surface area contributed by atoms with Gasteiger partial charge in [-0.2, -0.15) is 0 Å². The maximum atomic E-state index is 6.79. The second-order valence-electron chi connectivity index (χ2n) is 8.64. The molecule has 2 aliphatic rings. The minimum atomic E-state index is -0.132. The molecule has 0 N–H and O–H groups in total. The summed E-state index contributed by atoms with van der Waals surface area (Å²) in [6.45, 7) is 0. The summed E-state index contributed by atoms with van der Waals surface area (Å²) in [5.74, 6) is 1.96. The Bertz CT molecular complexity index is 1270. The lowest BCUT2D eigenvalue weighted by molar-refractivity contribution is -0.0390. The van der Waals surface area contributed by atoms with Crippen molar-refractivity contribution in [2.24, 2.45) is 0 Å². The summed E-state index contributed by atoms with van der Waals surface area (Å²) < 4.78 is 24.1. The van der Waals surface area contributed by atoms with Crippen molar-refractivity contribution in [1.29, 1.82) is 0 Å². The molecule has 1 fully saturated rings. The van der Waals surface area contributed by atoms with Gasteiger partial charge in [0.05, 0.1) is 20.3 Å². The Kier molecular flexibility index (Phi) is 4.43. The van der Waals surface area contributed by atoms with Gasteiger partial charge in [0.2, 0.25) is 0 Å². The summed E-state index contributed by atoms with van der Waals surface area (Å²) in [5.41, 5.74) is 5.50. The lowest BCUT2D eigenvalue weighted by atomic mass is 9.75. The fraction of sp³-hybridized carbons (Fsp3) is 0.333. The van der Waals surface area contributed by atoms with E-state index in [1.54, 1.807) is 14.2 Å². The highest BCUT2D eigenvalue weighted by atomic mass is 16.5. The summed E-state index contributed by atoms with van der Waals surface area (Å²) in [6.07, 6.45) is 4.84. The van der Waals surface area contributed by atoms with E-state index >= 15 is 0 Å². The van der Waals surface area contributed by atoms with E-state index in [9.17, 15) is 0 Å². The van der Waals surface area contributed by atoms with Crippen molar-refractivity contribution in [3.05, 3.63) is 71.3 Å². The van der Waals surface area contributed by atoms with Gasteiger partial charge in [-0.1, -0.05) is 37.1 Å². The van der Waals surface area contributed by atoms with Gasteiger partial charge in [-0.15, -0.1) is 0 Å². The molecule has 1 aliphatic carbocycles. The zero-order chi connectivity index (χ0) is 20.9. The second kappa shape index (κ2) is 7.31. The fourth-order valence-corrected chi connectivity index (χ4v) is 5.49. The number of hydrogen-bond donors (Lipinski definition) is 0. The molecule has 1 saturated carbocycles. The molecule has 1 aliphatic heterocycles. The minimum absolute atomic E-state index is 0.132. The molecule has 4 aromatic rings. The number of para-hydroxylation sites is 1. The fourth-order valence-electron chi connectivity index (χ4n) is 5.49. The first-order valence-electron chi connectivity index (χ1n) is 11.1. The Labute approximate surface area is 181 Å². The first-order valence-corrected chi connectivity index (χ1v) is 11.1. The smallest absolute Gasteiger partial charge is 0.161 e. The number of benzene rings is 3. The van der Waals surface area contributed by atoms with Crippen LogP contribution < -0.4 is 9.47 Å². The maximum Gasteiger partial charge on any atom is 0.161 e. The van der Waals surface area contributed by atoms with Crippen LogP contribution in [0.4, 0.5) is 0 Å². The quantitative estimate of drug-likeness (QED) is 0.372. The van der Waals surface area contributed by atoms with Crippen molar-refractivity contribution in [2.45, 2.75) is 43.8 Å². The van der Waals surface area contributed by atoms with E-state index in [-0.39, 0.29) is 12.2 Å². The van der Waals surface area contributed by atoms with Gasteiger partial charge >= 0.3 is 0 Å². The molecule has 0 bridgehead atoms. The Balaban J connectivity index is 1.54. The third-order valence-corrected chi connectivity index (χ3v) is 6.99. The van der Waals surface area contributed by atoms with Gasteiger partial charge in [0.15, 0.2) is 11.5 Å². The lowest BCUT2D eigenvalue weighted by Crippen LogP contribution is -2.33. The van der Waals surface area contributed by atoms with Gasteiger partial charge < -0.3 is 18.6 Å². The van der Waals surface area contributed by atoms with Gasteiger partial charge in [0.25, 0.3) is 0 Å². The van der Waals surface area contributed by atoms with Gasteiger partial charge in [-0.25, -0.2) is 0 Å². The highest BCUT2D eigenvalue weighted by Crippen LogP contribution is 2.50. The summed E-state index contributed by atoms with van der Waals surface area (Å²) in [6, 6.07) is 18.9. The molecule has 0 spiro atoms. The number of hydrogen-bond acceptors (Lipinski definition) is 4. The van der Waals surface area contributed by atoms with Gasteiger partial charge in [0, 0.05) is 16.7 Å². The molecule has 158 valence electrons. The van der Waals surface area contributed by atoms with Crippen LogP contribution in [0.2, 0.25) is 0 Å². The molecular formula is C27H26O4. The number of rotatable bonds is 3. The normalized spacial score (nSPS) is 22.8. The largest absolute Gasteiger partial charge is 0.493 e. The maximum absolute atomic E-state index is 6.79. The topological polar surface area (TPSA) is 40.8 Å². The van der Waals surface area contributed by atoms with E-state index in [0.29, 0.717) is 5.92 Å². The average molecular weight is 415 g/mol. The van der Waals surface area contributed by atoms with Crippen LogP contribution in [0, 0.1) is 0 Å². The monoisotopic (exact) mass is 414 g/mol. The van der Waals surface area contributed by atoms with Crippen LogP contribution in [0.15, 0.2) is 59.0 Å². The molecule has 3 aromatic carbocycles. The van der Waals surface area contributed by atoms with Crippen molar-refractivity contribution in [3.8, 4) is 11.5 Å². The van der Waals surface area contributed by atoms with E-state index in [0.717, 1.165) is 51.8 Å². The van der Waals surface area contributed by atoms with E-state index < -0.39 is 0 Å². The van der Waals surface area contributed by atoms with Gasteiger partial charge in [0.1, 0.15) is 17.3 Å². The number of ether oxygens (including phenoxy) is 3. The van der Waals surface area contributed by atoms with Crippen molar-refractivity contribution in [1.82, 2.24) is 0 Å². The summed E-state index contributed by atoms with van der Waals surface area (Å²) in [5, 5.41) is 2.27. The van der Waals surface area contributed by atoms with Crippen molar-refractivity contribution >= 4 is 21.9 Å². The van der Waals surface area contributed by atoms with Gasteiger partial charge in [-0.05, 0) is 59.9 Å². The third-order valence-electron chi connectivity index (χ3n) is 6.99. The third kappa shape index (κ3) is 2.93. The molecule has 31 heavy (non-hydrogen) atoms. The number of fused-ring (bicyclic) bond motifs is 6. The first-order chi connectivity index (χ1) is 15.3. The average Bonchev–Trinajstić information content (AvgIpc) is 3.20. The first kappa shape index (κ1) is 18.8. The van der Waals surface area contributed by atoms with E-state index in [1.165, 1.54) is 24.0 Å². The summed E-state index contributed by atoms with van der Waals surface area (Å²) in [7, 11) is 3.40. The van der Waals surface area contributed by atoms with Crippen molar-refractivity contribution in [2.75, 3.05) is 14.2 Å². The predicted octanol–water partition coefficient (Wildman–Crippen LogP) is 6.75. The molecule has 2 heterocycles. The molecule has 1 aromatic heterocycles. The van der Waals surface area contributed by atoms with Gasteiger partial charge in [-0.3, -0.25) is 0 Å². The second-order valence-corrected chi connectivity index (χ2v) is 8.64. The van der Waals surface area contributed by atoms with Crippen molar-refractivity contribution in [3.63, 3.8) is 0 Å². The Morgan fingerprint density at radius 1 is 0.774 bits per heavy atom. The Morgan fingerprint density at radius 2 is 1.52 bits per heavy atom. The molecule has 4 heteroatoms. The Hall–Kier alpha value is -2.98. The Morgan fingerprint density at radius 3 is 2.35 bits per heavy atom. The van der Waals surface area contributed by atoms with Crippen LogP contribution in [0.5, 0.6) is 11.5 Å². The lowest BCUT2D eigenvalue weighted by Gasteiger charge is -2.41. The molecule has 3 atom stereocenters. The van der Waals surface area contributed by atoms with Crippen LogP contribution >= 0.6 is 0 Å². The highest BCUT2D eigenvalue weighted by molar-refractivity contribution is 6.05. The summed E-state index contributed by atoms with van der Waals surface area (Å²) in [4.78, 5) is 0. The van der Waals surface area contributed by atoms with Crippen LogP contribution in [-0.4, -0.2) is 20.3 Å². The molecular weight excluding hydrogens is 388 g/mol. The number of methoxy groups -OCH3 is 2. The van der Waals surface area contributed by atoms with Crippen LogP contribution in [0.3, 0.4) is 0 Å². The molecule has 0 saturated heterocycles. The van der Waals surface area contributed by atoms with E-state index in [1.807, 2.05) is 12.1 Å². The van der Waals surface area contributed by atoms with E-state index in [2.05, 4.69) is 42.5 Å². The van der Waals surface area contributed by atoms with E-state index in [4.69, 9.17) is 18.6 Å².